The predicted molar refractivity (Wildman–Crippen MR) is 108 cm³/mol. The van der Waals surface area contributed by atoms with E-state index in [0.717, 1.165) is 24.3 Å². The first-order valence-electron chi connectivity index (χ1n) is 9.77. The number of aromatic nitrogens is 1. The quantitative estimate of drug-likeness (QED) is 0.670. The van der Waals surface area contributed by atoms with Crippen molar-refractivity contribution in [1.82, 2.24) is 10.3 Å². The summed E-state index contributed by atoms with van der Waals surface area (Å²) in [5, 5.41) is 3.21. The second kappa shape index (κ2) is 9.82. The Morgan fingerprint density at radius 1 is 1.17 bits per heavy atom. The van der Waals surface area contributed by atoms with Crippen LogP contribution in [0.5, 0.6) is 11.5 Å². The van der Waals surface area contributed by atoms with Gasteiger partial charge in [0.05, 0.1) is 11.7 Å². The molecule has 2 aliphatic heterocycles. The van der Waals surface area contributed by atoms with Gasteiger partial charge in [0, 0.05) is 24.2 Å². The Morgan fingerprint density at radius 3 is 2.87 bits per heavy atom. The highest BCUT2D eigenvalue weighted by atomic mass is 32.2. The molecule has 1 aromatic heterocycles. The van der Waals surface area contributed by atoms with E-state index >= 15 is 0 Å². The van der Waals surface area contributed by atoms with Gasteiger partial charge >= 0.3 is 5.97 Å². The van der Waals surface area contributed by atoms with E-state index in [1.807, 2.05) is 18.2 Å². The van der Waals surface area contributed by atoms with Gasteiger partial charge in [-0.25, -0.2) is 9.78 Å². The summed E-state index contributed by atoms with van der Waals surface area (Å²) in [6, 6.07) is 8.83. The fraction of sp³-hybridized carbons (Fsp3) is 0.381. The summed E-state index contributed by atoms with van der Waals surface area (Å²) < 4.78 is 21.8. The molecule has 8 nitrogen and oxygen atoms in total. The number of fused-ring (bicyclic) bond motifs is 1. The predicted octanol–water partition coefficient (Wildman–Crippen LogP) is 2.46. The molecule has 1 aromatic carbocycles. The van der Waals surface area contributed by atoms with Crippen LogP contribution >= 0.6 is 11.8 Å². The van der Waals surface area contributed by atoms with E-state index in [9.17, 15) is 9.59 Å². The van der Waals surface area contributed by atoms with Crippen LogP contribution in [-0.2, 0) is 14.3 Å². The molecule has 0 saturated carbocycles. The van der Waals surface area contributed by atoms with E-state index in [1.54, 1.807) is 18.3 Å². The lowest BCUT2D eigenvalue weighted by Gasteiger charge is -2.18. The molecular formula is C21H22N2O6S. The van der Waals surface area contributed by atoms with Crippen molar-refractivity contribution >= 4 is 23.6 Å². The summed E-state index contributed by atoms with van der Waals surface area (Å²) >= 11 is 1.31. The molecule has 158 valence electrons. The van der Waals surface area contributed by atoms with E-state index in [4.69, 9.17) is 18.9 Å². The maximum absolute atomic E-state index is 12.5. The van der Waals surface area contributed by atoms with Gasteiger partial charge in [-0.15, -0.1) is 0 Å². The molecular weight excluding hydrogens is 408 g/mol. The van der Waals surface area contributed by atoms with Gasteiger partial charge in [-0.2, -0.15) is 0 Å². The second-order valence-electron chi connectivity index (χ2n) is 6.78. The number of nitrogens with one attached hydrogen (secondary N) is 1. The first-order valence-corrected chi connectivity index (χ1v) is 10.6. The monoisotopic (exact) mass is 430 g/mol. The van der Waals surface area contributed by atoms with Crippen molar-refractivity contribution in [3.8, 4) is 11.5 Å². The van der Waals surface area contributed by atoms with E-state index in [1.165, 1.54) is 11.8 Å². The van der Waals surface area contributed by atoms with Crippen LogP contribution in [0.15, 0.2) is 46.5 Å². The number of nitrogens with zero attached hydrogens (tertiary/aromatic N) is 1. The SMILES string of the molecule is O=C(COC(=O)c1cccnc1Sc1ccc2c(c1)OCCO2)NC[C@H]1CCCO1. The number of carbonyl (C=O) groups excluding carboxylic acids is 2. The van der Waals surface area contributed by atoms with Crippen LogP contribution in [0.3, 0.4) is 0 Å². The number of pyridine rings is 1. The lowest BCUT2D eigenvalue weighted by atomic mass is 10.2. The van der Waals surface area contributed by atoms with Gasteiger partial charge in [-0.1, -0.05) is 11.8 Å². The number of rotatable bonds is 7. The average Bonchev–Trinajstić information content (AvgIpc) is 3.30. The molecule has 1 N–H and O–H groups in total. The molecule has 30 heavy (non-hydrogen) atoms. The number of hydrogen-bond acceptors (Lipinski definition) is 8. The van der Waals surface area contributed by atoms with Crippen molar-refractivity contribution in [2.75, 3.05) is 33.0 Å². The van der Waals surface area contributed by atoms with Crippen LogP contribution in [0.1, 0.15) is 23.2 Å². The van der Waals surface area contributed by atoms with Gasteiger partial charge in [0.15, 0.2) is 18.1 Å². The Hall–Kier alpha value is -2.78. The van der Waals surface area contributed by atoms with Crippen molar-refractivity contribution in [2.24, 2.45) is 0 Å². The van der Waals surface area contributed by atoms with E-state index < -0.39 is 5.97 Å². The van der Waals surface area contributed by atoms with Crippen molar-refractivity contribution < 1.29 is 28.5 Å². The molecule has 2 aliphatic rings. The lowest BCUT2D eigenvalue weighted by molar-refractivity contribution is -0.124. The molecule has 1 fully saturated rings. The normalized spacial score (nSPS) is 17.4. The van der Waals surface area contributed by atoms with Crippen LogP contribution in [-0.4, -0.2) is 55.9 Å². The minimum atomic E-state index is -0.601. The van der Waals surface area contributed by atoms with E-state index in [0.29, 0.717) is 41.8 Å². The van der Waals surface area contributed by atoms with Crippen LogP contribution in [0, 0.1) is 0 Å². The summed E-state index contributed by atoms with van der Waals surface area (Å²) in [7, 11) is 0. The zero-order chi connectivity index (χ0) is 20.8. The lowest BCUT2D eigenvalue weighted by Crippen LogP contribution is -2.34. The first-order chi connectivity index (χ1) is 14.7. The molecule has 0 unspecified atom stereocenters. The van der Waals surface area contributed by atoms with Crippen LogP contribution < -0.4 is 14.8 Å². The summed E-state index contributed by atoms with van der Waals surface area (Å²) in [6.07, 6.45) is 3.57. The third kappa shape index (κ3) is 5.22. The summed E-state index contributed by atoms with van der Waals surface area (Å²) in [5.74, 6) is 0.397. The van der Waals surface area contributed by atoms with Gasteiger partial charge in [0.25, 0.3) is 5.91 Å². The third-order valence-electron chi connectivity index (χ3n) is 4.60. The molecule has 1 atom stereocenters. The fourth-order valence-electron chi connectivity index (χ4n) is 3.12. The number of esters is 1. The van der Waals surface area contributed by atoms with Crippen LogP contribution in [0.4, 0.5) is 0 Å². The highest BCUT2D eigenvalue weighted by Gasteiger charge is 2.19. The molecule has 0 aliphatic carbocycles. The zero-order valence-electron chi connectivity index (χ0n) is 16.3. The Morgan fingerprint density at radius 2 is 2.03 bits per heavy atom. The standard InChI is InChI=1S/C21H22N2O6S/c24-19(23-12-14-3-2-8-26-14)13-29-21(25)16-4-1-7-22-20(16)30-15-5-6-17-18(11-15)28-10-9-27-17/h1,4-7,11,14H,2-3,8-10,12-13H2,(H,23,24)/t14-/m1/s1. The molecule has 1 amide bonds. The number of ether oxygens (including phenoxy) is 4. The van der Waals surface area contributed by atoms with Gasteiger partial charge in [-0.3, -0.25) is 4.79 Å². The summed E-state index contributed by atoms with van der Waals surface area (Å²) in [4.78, 5) is 29.6. The molecule has 9 heteroatoms. The zero-order valence-corrected chi connectivity index (χ0v) is 17.1. The molecule has 4 rings (SSSR count). The Kier molecular flexibility index (Phi) is 6.70. The molecule has 1 saturated heterocycles. The number of carbonyl (C=O) groups is 2. The minimum Gasteiger partial charge on any atom is -0.486 e. The van der Waals surface area contributed by atoms with Gasteiger partial charge in [0.1, 0.15) is 18.2 Å². The van der Waals surface area contributed by atoms with Gasteiger partial charge in [0.2, 0.25) is 0 Å². The van der Waals surface area contributed by atoms with Gasteiger partial charge in [-0.05, 0) is 43.2 Å². The first kappa shape index (κ1) is 20.5. The molecule has 3 heterocycles. The maximum atomic E-state index is 12.5. The summed E-state index contributed by atoms with van der Waals surface area (Å²) in [6.45, 7) is 1.82. The topological polar surface area (TPSA) is 96.0 Å². The van der Waals surface area contributed by atoms with Crippen molar-refractivity contribution in [3.05, 3.63) is 42.1 Å². The largest absolute Gasteiger partial charge is 0.486 e. The third-order valence-corrected chi connectivity index (χ3v) is 5.61. The highest BCUT2D eigenvalue weighted by molar-refractivity contribution is 7.99. The summed E-state index contributed by atoms with van der Waals surface area (Å²) in [5.41, 5.74) is 0.296. The number of hydrogen-bond donors (Lipinski definition) is 1. The van der Waals surface area contributed by atoms with E-state index in [-0.39, 0.29) is 18.6 Å². The highest BCUT2D eigenvalue weighted by Crippen LogP contribution is 2.37. The number of amides is 1. The Labute approximate surface area is 178 Å². The smallest absolute Gasteiger partial charge is 0.341 e. The Bertz CT molecular complexity index is 916. The minimum absolute atomic E-state index is 0.0389. The molecule has 2 aromatic rings. The van der Waals surface area contributed by atoms with Crippen molar-refractivity contribution in [1.29, 1.82) is 0 Å². The van der Waals surface area contributed by atoms with E-state index in [2.05, 4.69) is 10.3 Å². The molecule has 0 spiro atoms. The van der Waals surface area contributed by atoms with Crippen molar-refractivity contribution in [2.45, 2.75) is 28.9 Å². The van der Waals surface area contributed by atoms with Crippen LogP contribution in [0.2, 0.25) is 0 Å². The number of benzene rings is 1. The van der Waals surface area contributed by atoms with Crippen molar-refractivity contribution in [3.63, 3.8) is 0 Å². The van der Waals surface area contributed by atoms with Crippen LogP contribution in [0.25, 0.3) is 0 Å². The average molecular weight is 430 g/mol. The molecule has 0 bridgehead atoms. The Balaban J connectivity index is 1.35. The molecule has 0 radical (unpaired) electrons. The fourth-order valence-corrected chi connectivity index (χ4v) is 4.02. The maximum Gasteiger partial charge on any atom is 0.341 e. The second-order valence-corrected chi connectivity index (χ2v) is 7.84. The van der Waals surface area contributed by atoms with Gasteiger partial charge < -0.3 is 24.3 Å².